The van der Waals surface area contributed by atoms with Crippen LogP contribution in [0.1, 0.15) is 5.69 Å². The van der Waals surface area contributed by atoms with E-state index in [0.717, 1.165) is 11.4 Å². The first-order valence-corrected chi connectivity index (χ1v) is 7.35. The van der Waals surface area contributed by atoms with Gasteiger partial charge in [-0.2, -0.15) is 4.98 Å². The van der Waals surface area contributed by atoms with Gasteiger partial charge in [0.1, 0.15) is 5.75 Å². The minimum absolute atomic E-state index is 0.336. The zero-order valence-electron chi connectivity index (χ0n) is 13.4. The molecular weight excluding hydrogens is 310 g/mol. The molecule has 0 bridgehead atoms. The third-order valence-electron chi connectivity index (χ3n) is 4.13. The summed E-state index contributed by atoms with van der Waals surface area (Å²) in [5, 5.41) is 0. The molecule has 0 amide bonds. The van der Waals surface area contributed by atoms with E-state index >= 15 is 0 Å². The van der Waals surface area contributed by atoms with E-state index in [4.69, 9.17) is 4.74 Å². The summed E-state index contributed by atoms with van der Waals surface area (Å²) < 4.78 is 10.3. The molecule has 0 unspecified atom stereocenters. The smallest absolute Gasteiger partial charge is 0.329 e. The molecule has 0 atom stereocenters. The van der Waals surface area contributed by atoms with Crippen molar-refractivity contribution in [2.24, 2.45) is 7.05 Å². The molecule has 3 heterocycles. The summed E-state index contributed by atoms with van der Waals surface area (Å²) in [5.41, 5.74) is 1.42. The Hall–Kier alpha value is -3.29. The second-order valence-electron chi connectivity index (χ2n) is 5.55. The average molecular weight is 325 g/mol. The molecule has 0 fully saturated rings. The van der Waals surface area contributed by atoms with Crippen LogP contribution >= 0.6 is 0 Å². The molecule has 0 saturated heterocycles. The summed E-state index contributed by atoms with van der Waals surface area (Å²) in [5.74, 6) is 1.23. The number of fused-ring (bicyclic) bond motifs is 3. The Bertz CT molecular complexity index is 1210. The van der Waals surface area contributed by atoms with Gasteiger partial charge in [-0.1, -0.05) is 12.1 Å². The SMILES string of the molecule is COc1ccccc1-n1c(C)cn2c3c(=O)[nH]c(=O)n(C)c3nc12. The summed E-state index contributed by atoms with van der Waals surface area (Å²) in [6.07, 6.45) is 1.82. The van der Waals surface area contributed by atoms with Crippen molar-refractivity contribution in [3.63, 3.8) is 0 Å². The lowest BCUT2D eigenvalue weighted by Crippen LogP contribution is -2.28. The Labute approximate surface area is 135 Å². The molecule has 24 heavy (non-hydrogen) atoms. The average Bonchev–Trinajstić information content (AvgIpc) is 3.07. The van der Waals surface area contributed by atoms with Crippen molar-refractivity contribution >= 4 is 16.9 Å². The molecule has 122 valence electrons. The molecule has 0 aliphatic carbocycles. The molecule has 4 rings (SSSR count). The number of aryl methyl sites for hydroxylation is 2. The first kappa shape index (κ1) is 14.3. The molecule has 4 aromatic rings. The van der Waals surface area contributed by atoms with Crippen LogP contribution < -0.4 is 16.0 Å². The van der Waals surface area contributed by atoms with Gasteiger partial charge in [0.15, 0.2) is 11.2 Å². The number of nitrogens with one attached hydrogen (secondary N) is 1. The van der Waals surface area contributed by atoms with Gasteiger partial charge in [-0.15, -0.1) is 0 Å². The molecule has 1 N–H and O–H groups in total. The molecule has 0 aliphatic heterocycles. The molecule has 3 aromatic heterocycles. The summed E-state index contributed by atoms with van der Waals surface area (Å²) in [6, 6.07) is 7.55. The lowest BCUT2D eigenvalue weighted by molar-refractivity contribution is 0.413. The number of imidazole rings is 2. The minimum atomic E-state index is -0.492. The predicted molar refractivity (Wildman–Crippen MR) is 89.2 cm³/mol. The number of ether oxygens (including phenoxy) is 1. The van der Waals surface area contributed by atoms with Crippen molar-refractivity contribution in [2.75, 3.05) is 7.11 Å². The first-order valence-electron chi connectivity index (χ1n) is 7.35. The van der Waals surface area contributed by atoms with E-state index in [9.17, 15) is 9.59 Å². The number of H-pyrrole nitrogens is 1. The van der Waals surface area contributed by atoms with Gasteiger partial charge in [-0.25, -0.2) is 4.79 Å². The van der Waals surface area contributed by atoms with Gasteiger partial charge >= 0.3 is 5.69 Å². The van der Waals surface area contributed by atoms with E-state index in [1.54, 1.807) is 18.6 Å². The number of aromatic nitrogens is 5. The quantitative estimate of drug-likeness (QED) is 0.595. The maximum atomic E-state index is 12.2. The predicted octanol–water partition coefficient (Wildman–Crippen LogP) is 0.982. The molecule has 0 radical (unpaired) electrons. The zero-order chi connectivity index (χ0) is 17.0. The van der Waals surface area contributed by atoms with Crippen LogP contribution in [0.3, 0.4) is 0 Å². The second kappa shape index (κ2) is 4.85. The molecule has 0 spiro atoms. The van der Waals surface area contributed by atoms with Crippen LogP contribution in [0.4, 0.5) is 0 Å². The molecule has 8 nitrogen and oxygen atoms in total. The number of aromatic amines is 1. The monoisotopic (exact) mass is 325 g/mol. The van der Waals surface area contributed by atoms with Crippen LogP contribution in [-0.2, 0) is 7.05 Å². The lowest BCUT2D eigenvalue weighted by Gasteiger charge is -2.10. The van der Waals surface area contributed by atoms with Crippen molar-refractivity contribution in [3.8, 4) is 11.4 Å². The van der Waals surface area contributed by atoms with Crippen molar-refractivity contribution in [1.82, 2.24) is 23.5 Å². The third-order valence-corrected chi connectivity index (χ3v) is 4.13. The van der Waals surface area contributed by atoms with Crippen molar-refractivity contribution in [3.05, 3.63) is 57.0 Å². The molecule has 1 aromatic carbocycles. The van der Waals surface area contributed by atoms with Gasteiger partial charge in [-0.3, -0.25) is 23.3 Å². The first-order chi connectivity index (χ1) is 11.5. The highest BCUT2D eigenvalue weighted by molar-refractivity contribution is 5.76. The largest absolute Gasteiger partial charge is 0.495 e. The zero-order valence-corrected chi connectivity index (χ0v) is 13.4. The van der Waals surface area contributed by atoms with Gasteiger partial charge in [0, 0.05) is 18.9 Å². The topological polar surface area (TPSA) is 86.3 Å². The van der Waals surface area contributed by atoms with Crippen molar-refractivity contribution in [1.29, 1.82) is 0 Å². The summed E-state index contributed by atoms with van der Waals surface area (Å²) in [6.45, 7) is 1.92. The van der Waals surface area contributed by atoms with Gasteiger partial charge < -0.3 is 4.74 Å². The molecule has 8 heteroatoms. The standard InChI is InChI=1S/C16H15N5O3/c1-9-8-20-12-13(19(2)16(23)18-14(12)22)17-15(20)21(9)10-6-4-5-7-11(10)24-3/h4-8H,1-3H3,(H,18,22,23). The molecule has 0 aliphatic rings. The Kier molecular flexibility index (Phi) is 2.89. The Balaban J connectivity index is 2.19. The van der Waals surface area contributed by atoms with E-state index in [0.29, 0.717) is 22.7 Å². The number of nitrogens with zero attached hydrogens (tertiary/aromatic N) is 4. The minimum Gasteiger partial charge on any atom is -0.495 e. The van der Waals surface area contributed by atoms with E-state index in [1.165, 1.54) is 4.57 Å². The van der Waals surface area contributed by atoms with Crippen molar-refractivity contribution in [2.45, 2.75) is 6.92 Å². The van der Waals surface area contributed by atoms with E-state index in [2.05, 4.69) is 9.97 Å². The third kappa shape index (κ3) is 1.76. The number of hydrogen-bond acceptors (Lipinski definition) is 4. The number of benzene rings is 1. The van der Waals surface area contributed by atoms with Crippen LogP contribution in [0.15, 0.2) is 40.1 Å². The van der Waals surface area contributed by atoms with Gasteiger partial charge in [0.25, 0.3) is 5.56 Å². The number of hydrogen-bond donors (Lipinski definition) is 1. The maximum absolute atomic E-state index is 12.2. The Morgan fingerprint density at radius 2 is 1.96 bits per heavy atom. The van der Waals surface area contributed by atoms with Crippen LogP contribution in [0.2, 0.25) is 0 Å². The van der Waals surface area contributed by atoms with Crippen molar-refractivity contribution < 1.29 is 4.74 Å². The Morgan fingerprint density at radius 3 is 2.71 bits per heavy atom. The number of methoxy groups -OCH3 is 1. The highest BCUT2D eigenvalue weighted by Gasteiger charge is 2.19. The van der Waals surface area contributed by atoms with Crippen LogP contribution in [0.25, 0.3) is 22.6 Å². The summed E-state index contributed by atoms with van der Waals surface area (Å²) >= 11 is 0. The maximum Gasteiger partial charge on any atom is 0.329 e. The van der Waals surface area contributed by atoms with Crippen LogP contribution in [0, 0.1) is 6.92 Å². The van der Waals surface area contributed by atoms with Gasteiger partial charge in [0.05, 0.1) is 12.8 Å². The van der Waals surface area contributed by atoms with Crippen LogP contribution in [0.5, 0.6) is 5.75 Å². The lowest BCUT2D eigenvalue weighted by atomic mass is 10.3. The van der Waals surface area contributed by atoms with Crippen LogP contribution in [-0.4, -0.2) is 30.6 Å². The fourth-order valence-corrected chi connectivity index (χ4v) is 2.98. The fraction of sp³-hybridized carbons (Fsp3) is 0.188. The highest BCUT2D eigenvalue weighted by atomic mass is 16.5. The van der Waals surface area contributed by atoms with Gasteiger partial charge in [-0.05, 0) is 19.1 Å². The summed E-state index contributed by atoms with van der Waals surface area (Å²) in [4.78, 5) is 30.9. The molecule has 0 saturated carbocycles. The van der Waals surface area contributed by atoms with Gasteiger partial charge in [0.2, 0.25) is 5.78 Å². The van der Waals surface area contributed by atoms with E-state index < -0.39 is 11.2 Å². The number of rotatable bonds is 2. The summed E-state index contributed by atoms with van der Waals surface area (Å²) in [7, 11) is 3.18. The number of para-hydroxylation sites is 2. The Morgan fingerprint density at radius 1 is 1.21 bits per heavy atom. The fourth-order valence-electron chi connectivity index (χ4n) is 2.98. The second-order valence-corrected chi connectivity index (χ2v) is 5.55. The normalized spacial score (nSPS) is 11.5. The van der Waals surface area contributed by atoms with E-state index in [-0.39, 0.29) is 0 Å². The van der Waals surface area contributed by atoms with E-state index in [1.807, 2.05) is 42.0 Å². The highest BCUT2D eigenvalue weighted by Crippen LogP contribution is 2.27. The molecular formula is C16H15N5O3.